The molecule has 0 aromatic carbocycles. The minimum atomic E-state index is -0.174. The van der Waals surface area contributed by atoms with Crippen molar-refractivity contribution in [1.82, 2.24) is 5.32 Å². The van der Waals surface area contributed by atoms with Gasteiger partial charge in [-0.25, -0.2) is 0 Å². The van der Waals surface area contributed by atoms with Crippen molar-refractivity contribution in [3.63, 3.8) is 0 Å². The number of nitrogens with one attached hydrogen (secondary N) is 1. The predicted octanol–water partition coefficient (Wildman–Crippen LogP) is 1.96. The topological polar surface area (TPSA) is 38.3 Å². The Balaban J connectivity index is 2.21. The molecule has 0 saturated heterocycles. The second-order valence-corrected chi connectivity index (χ2v) is 4.79. The first kappa shape index (κ1) is 12.5. The van der Waals surface area contributed by atoms with Crippen molar-refractivity contribution in [1.29, 1.82) is 0 Å². The molecular weight excluding hydrogens is 190 g/mol. The van der Waals surface area contributed by atoms with Crippen molar-refractivity contribution in [2.24, 2.45) is 11.8 Å². The summed E-state index contributed by atoms with van der Waals surface area (Å²) in [6, 6.07) is -0.174. The van der Waals surface area contributed by atoms with E-state index in [2.05, 4.69) is 17.0 Å². The first-order valence-corrected chi connectivity index (χ1v) is 5.94. The molecule has 15 heavy (non-hydrogen) atoms. The molecule has 0 aliphatic heterocycles. The highest BCUT2D eigenvalue weighted by Crippen LogP contribution is 2.27. The molecule has 1 aliphatic carbocycles. The number of carbonyl (C=O) groups is 1. The van der Waals surface area contributed by atoms with Crippen molar-refractivity contribution < 1.29 is 9.53 Å². The molecule has 0 aromatic rings. The normalized spacial score (nSPS) is 28.5. The van der Waals surface area contributed by atoms with E-state index in [4.69, 9.17) is 0 Å². The Morgan fingerprint density at radius 1 is 1.53 bits per heavy atom. The van der Waals surface area contributed by atoms with Crippen LogP contribution in [-0.2, 0) is 9.53 Å². The van der Waals surface area contributed by atoms with E-state index in [1.165, 1.54) is 32.8 Å². The van der Waals surface area contributed by atoms with Crippen LogP contribution in [0.3, 0.4) is 0 Å². The molecule has 3 heteroatoms. The maximum Gasteiger partial charge on any atom is 0.322 e. The summed E-state index contributed by atoms with van der Waals surface area (Å²) in [5.74, 6) is 1.42. The van der Waals surface area contributed by atoms with E-state index in [9.17, 15) is 4.79 Å². The van der Waals surface area contributed by atoms with Gasteiger partial charge in [0.15, 0.2) is 0 Å². The largest absolute Gasteiger partial charge is 0.468 e. The van der Waals surface area contributed by atoms with Crippen molar-refractivity contribution in [2.75, 3.05) is 13.7 Å². The maximum absolute atomic E-state index is 11.2. The number of ether oxygens (including phenoxy) is 1. The van der Waals surface area contributed by atoms with Crippen LogP contribution in [0.2, 0.25) is 0 Å². The molecule has 1 aliphatic rings. The van der Waals surface area contributed by atoms with E-state index in [1.807, 2.05) is 6.92 Å². The number of methoxy groups -OCH3 is 1. The van der Waals surface area contributed by atoms with E-state index in [0.717, 1.165) is 18.4 Å². The Kier molecular flexibility index (Phi) is 5.09. The lowest BCUT2D eigenvalue weighted by molar-refractivity contribution is -0.142. The summed E-state index contributed by atoms with van der Waals surface area (Å²) in [6.45, 7) is 5.12. The van der Waals surface area contributed by atoms with Gasteiger partial charge < -0.3 is 10.1 Å². The van der Waals surface area contributed by atoms with Gasteiger partial charge in [-0.05, 0) is 38.1 Å². The van der Waals surface area contributed by atoms with Crippen molar-refractivity contribution in [2.45, 2.75) is 45.6 Å². The van der Waals surface area contributed by atoms with Gasteiger partial charge in [0.05, 0.1) is 7.11 Å². The van der Waals surface area contributed by atoms with Gasteiger partial charge in [-0.1, -0.05) is 19.8 Å². The Morgan fingerprint density at radius 3 is 2.87 bits per heavy atom. The lowest BCUT2D eigenvalue weighted by Gasteiger charge is -2.27. The molecule has 0 bridgehead atoms. The van der Waals surface area contributed by atoms with Gasteiger partial charge in [-0.15, -0.1) is 0 Å². The Labute approximate surface area is 92.6 Å². The second kappa shape index (κ2) is 6.11. The number of hydrogen-bond donors (Lipinski definition) is 1. The molecule has 0 radical (unpaired) electrons. The molecule has 0 spiro atoms. The van der Waals surface area contributed by atoms with Gasteiger partial charge in [0.25, 0.3) is 0 Å². The summed E-state index contributed by atoms with van der Waals surface area (Å²) in [5.41, 5.74) is 0. The van der Waals surface area contributed by atoms with Gasteiger partial charge in [0.1, 0.15) is 6.04 Å². The van der Waals surface area contributed by atoms with Crippen LogP contribution in [0.5, 0.6) is 0 Å². The number of rotatable bonds is 4. The second-order valence-electron chi connectivity index (χ2n) is 4.79. The zero-order valence-corrected chi connectivity index (χ0v) is 10.1. The predicted molar refractivity (Wildman–Crippen MR) is 60.6 cm³/mol. The van der Waals surface area contributed by atoms with Crippen LogP contribution in [0.15, 0.2) is 0 Å². The third-order valence-corrected chi connectivity index (χ3v) is 3.31. The molecule has 0 heterocycles. The van der Waals surface area contributed by atoms with Crippen LogP contribution >= 0.6 is 0 Å². The Hall–Kier alpha value is -0.570. The summed E-state index contributed by atoms with van der Waals surface area (Å²) >= 11 is 0. The van der Waals surface area contributed by atoms with Gasteiger partial charge in [0, 0.05) is 0 Å². The Bertz CT molecular complexity index is 206. The highest BCUT2D eigenvalue weighted by Gasteiger charge is 2.20. The first-order valence-electron chi connectivity index (χ1n) is 5.94. The van der Waals surface area contributed by atoms with Crippen LogP contribution in [0.1, 0.15) is 39.5 Å². The van der Waals surface area contributed by atoms with Crippen LogP contribution < -0.4 is 5.32 Å². The number of hydrogen-bond acceptors (Lipinski definition) is 3. The molecule has 0 amide bonds. The minimum absolute atomic E-state index is 0.168. The summed E-state index contributed by atoms with van der Waals surface area (Å²) < 4.78 is 4.67. The van der Waals surface area contributed by atoms with Crippen LogP contribution in [0.4, 0.5) is 0 Å². The van der Waals surface area contributed by atoms with Gasteiger partial charge >= 0.3 is 5.97 Å². The molecule has 88 valence electrons. The molecule has 0 aromatic heterocycles. The molecular formula is C12H23NO2. The first-order chi connectivity index (χ1) is 7.13. The fourth-order valence-corrected chi connectivity index (χ4v) is 2.35. The molecule has 1 N–H and O–H groups in total. The molecule has 1 rings (SSSR count). The Morgan fingerprint density at radius 2 is 2.27 bits per heavy atom. The van der Waals surface area contributed by atoms with E-state index < -0.39 is 0 Å². The minimum Gasteiger partial charge on any atom is -0.468 e. The van der Waals surface area contributed by atoms with Crippen LogP contribution in [0, 0.1) is 11.8 Å². The van der Waals surface area contributed by atoms with E-state index in [-0.39, 0.29) is 12.0 Å². The summed E-state index contributed by atoms with van der Waals surface area (Å²) in [6.07, 6.45) is 5.29. The fourth-order valence-electron chi connectivity index (χ4n) is 2.35. The SMILES string of the molecule is COC(=O)C(C)NCC1CCCC(C)C1. The zero-order chi connectivity index (χ0) is 11.3. The summed E-state index contributed by atoms with van der Waals surface area (Å²) in [5, 5.41) is 3.25. The van der Waals surface area contributed by atoms with Gasteiger partial charge in [0.2, 0.25) is 0 Å². The van der Waals surface area contributed by atoms with E-state index in [1.54, 1.807) is 0 Å². The van der Waals surface area contributed by atoms with Gasteiger partial charge in [-0.2, -0.15) is 0 Å². The van der Waals surface area contributed by atoms with Crippen LogP contribution in [0.25, 0.3) is 0 Å². The molecule has 1 fully saturated rings. The zero-order valence-electron chi connectivity index (χ0n) is 10.1. The lowest BCUT2D eigenvalue weighted by atomic mass is 9.82. The third kappa shape index (κ3) is 4.20. The quantitative estimate of drug-likeness (QED) is 0.726. The monoisotopic (exact) mass is 213 g/mol. The standard InChI is InChI=1S/C12H23NO2/c1-9-5-4-6-11(7-9)8-13-10(2)12(14)15-3/h9-11,13H,4-8H2,1-3H3. The fraction of sp³-hybridized carbons (Fsp3) is 0.917. The molecule has 3 nitrogen and oxygen atoms in total. The van der Waals surface area contributed by atoms with Gasteiger partial charge in [-0.3, -0.25) is 4.79 Å². The summed E-state index contributed by atoms with van der Waals surface area (Å²) in [4.78, 5) is 11.2. The molecule has 1 saturated carbocycles. The van der Waals surface area contributed by atoms with Crippen molar-refractivity contribution in [3.8, 4) is 0 Å². The highest BCUT2D eigenvalue weighted by atomic mass is 16.5. The van der Waals surface area contributed by atoms with E-state index in [0.29, 0.717) is 0 Å². The average molecular weight is 213 g/mol. The number of carbonyl (C=O) groups excluding carboxylic acids is 1. The number of esters is 1. The maximum atomic E-state index is 11.2. The lowest BCUT2D eigenvalue weighted by Crippen LogP contribution is -2.38. The van der Waals surface area contributed by atoms with Crippen molar-refractivity contribution >= 4 is 5.97 Å². The highest BCUT2D eigenvalue weighted by molar-refractivity contribution is 5.75. The molecule has 3 unspecified atom stereocenters. The van der Waals surface area contributed by atoms with E-state index >= 15 is 0 Å². The van der Waals surface area contributed by atoms with Crippen molar-refractivity contribution in [3.05, 3.63) is 0 Å². The van der Waals surface area contributed by atoms with Crippen LogP contribution in [-0.4, -0.2) is 25.7 Å². The third-order valence-electron chi connectivity index (χ3n) is 3.31. The smallest absolute Gasteiger partial charge is 0.322 e. The summed E-state index contributed by atoms with van der Waals surface area (Å²) in [7, 11) is 1.43. The molecule has 3 atom stereocenters. The average Bonchev–Trinajstić information content (AvgIpc) is 2.25.